The molecule has 0 amide bonds. The quantitative estimate of drug-likeness (QED) is 0.286. The molecule has 5 nitrogen and oxygen atoms in total. The molecule has 1 aliphatic rings. The molecule has 0 bridgehead atoms. The maximum absolute atomic E-state index is 9.86. The highest BCUT2D eigenvalue weighted by atomic mass is 16.6. The van der Waals surface area contributed by atoms with Crippen LogP contribution in [0, 0.1) is 0 Å². The highest BCUT2D eigenvalue weighted by Gasteiger charge is 2.40. The number of ether oxygens (including phenoxy) is 2. The van der Waals surface area contributed by atoms with E-state index in [1.165, 1.54) is 57.8 Å². The fourth-order valence-corrected chi connectivity index (χ4v) is 3.28. The molecule has 0 aliphatic carbocycles. The summed E-state index contributed by atoms with van der Waals surface area (Å²) in [6.07, 6.45) is 15.2. The highest BCUT2D eigenvalue weighted by molar-refractivity contribution is 4.89. The van der Waals surface area contributed by atoms with Gasteiger partial charge in [0.1, 0.15) is 24.4 Å². The third-order valence-corrected chi connectivity index (χ3v) is 4.95. The van der Waals surface area contributed by atoms with E-state index in [1.807, 2.05) is 0 Å². The molecule has 3 N–H and O–H groups in total. The molecule has 0 saturated carbocycles. The van der Waals surface area contributed by atoms with E-state index in [-0.39, 0.29) is 13.2 Å². The molecule has 0 aromatic rings. The molecule has 1 saturated heterocycles. The van der Waals surface area contributed by atoms with Gasteiger partial charge in [0, 0.05) is 6.61 Å². The Balaban J connectivity index is 1.92. The van der Waals surface area contributed by atoms with E-state index in [1.54, 1.807) is 0 Å². The number of hydrogen-bond acceptors (Lipinski definition) is 5. The number of rotatable bonds is 16. The Bertz CT molecular complexity index is 347. The molecule has 1 aliphatic heterocycles. The fourth-order valence-electron chi connectivity index (χ4n) is 3.28. The molecule has 0 radical (unpaired) electrons. The van der Waals surface area contributed by atoms with Gasteiger partial charge in [-0.3, -0.25) is 0 Å². The van der Waals surface area contributed by atoms with Crippen LogP contribution in [0.3, 0.4) is 0 Å². The van der Waals surface area contributed by atoms with Crippen LogP contribution < -0.4 is 0 Å². The molecule has 26 heavy (non-hydrogen) atoms. The molecule has 154 valence electrons. The summed E-state index contributed by atoms with van der Waals surface area (Å²) < 4.78 is 11.0. The Labute approximate surface area is 159 Å². The lowest BCUT2D eigenvalue weighted by atomic mass is 10.1. The molecule has 4 atom stereocenters. The van der Waals surface area contributed by atoms with E-state index in [0.717, 1.165) is 12.8 Å². The van der Waals surface area contributed by atoms with Crippen LogP contribution in [0.5, 0.6) is 0 Å². The number of aliphatic hydroxyl groups excluding tert-OH is 3. The minimum atomic E-state index is -1.00. The van der Waals surface area contributed by atoms with Gasteiger partial charge in [-0.2, -0.15) is 0 Å². The Morgan fingerprint density at radius 3 is 2.27 bits per heavy atom. The summed E-state index contributed by atoms with van der Waals surface area (Å²) in [5, 5.41) is 28.6. The fraction of sp³-hybridized carbons (Fsp3) is 0.905. The van der Waals surface area contributed by atoms with Gasteiger partial charge in [0.05, 0.1) is 13.2 Å². The van der Waals surface area contributed by atoms with Gasteiger partial charge in [-0.15, -0.1) is 0 Å². The number of hydrogen-bond donors (Lipinski definition) is 3. The molecule has 1 heterocycles. The van der Waals surface area contributed by atoms with Crippen molar-refractivity contribution < 1.29 is 24.8 Å². The van der Waals surface area contributed by atoms with Crippen molar-refractivity contribution in [2.24, 2.45) is 0 Å². The number of aliphatic hydroxyl groups is 3. The lowest BCUT2D eigenvalue weighted by Gasteiger charge is -2.23. The first-order valence-corrected chi connectivity index (χ1v) is 10.6. The molecule has 0 spiro atoms. The minimum absolute atomic E-state index is 0.153. The van der Waals surface area contributed by atoms with E-state index in [9.17, 15) is 10.2 Å². The largest absolute Gasteiger partial charge is 0.394 e. The van der Waals surface area contributed by atoms with E-state index in [4.69, 9.17) is 14.6 Å². The van der Waals surface area contributed by atoms with Crippen molar-refractivity contribution in [1.82, 2.24) is 0 Å². The molecule has 1 rings (SSSR count). The van der Waals surface area contributed by atoms with Crippen LogP contribution in [0.25, 0.3) is 0 Å². The van der Waals surface area contributed by atoms with Crippen LogP contribution in [0.4, 0.5) is 0 Å². The zero-order chi connectivity index (χ0) is 19.0. The van der Waals surface area contributed by atoms with E-state index >= 15 is 0 Å². The Morgan fingerprint density at radius 2 is 1.62 bits per heavy atom. The van der Waals surface area contributed by atoms with Crippen LogP contribution in [-0.2, 0) is 9.47 Å². The lowest BCUT2D eigenvalue weighted by molar-refractivity contribution is -0.0938. The van der Waals surface area contributed by atoms with E-state index in [2.05, 4.69) is 19.1 Å². The van der Waals surface area contributed by atoms with Crippen LogP contribution in [0.2, 0.25) is 0 Å². The van der Waals surface area contributed by atoms with E-state index < -0.39 is 24.4 Å². The summed E-state index contributed by atoms with van der Waals surface area (Å²) in [7, 11) is 0. The summed E-state index contributed by atoms with van der Waals surface area (Å²) in [6.45, 7) is 2.55. The van der Waals surface area contributed by atoms with Crippen LogP contribution in [0.1, 0.15) is 77.6 Å². The summed E-state index contributed by atoms with van der Waals surface area (Å²) >= 11 is 0. The van der Waals surface area contributed by atoms with Crippen LogP contribution >= 0.6 is 0 Å². The van der Waals surface area contributed by atoms with Crippen molar-refractivity contribution in [1.29, 1.82) is 0 Å². The number of allylic oxidation sites excluding steroid dienone is 2. The Hall–Kier alpha value is -0.460. The van der Waals surface area contributed by atoms with Gasteiger partial charge >= 0.3 is 0 Å². The molecular formula is C21H40O5. The molecule has 0 aromatic carbocycles. The average molecular weight is 373 g/mol. The Kier molecular flexibility index (Phi) is 14.1. The van der Waals surface area contributed by atoms with Crippen LogP contribution in [0.15, 0.2) is 12.2 Å². The third-order valence-electron chi connectivity index (χ3n) is 4.95. The van der Waals surface area contributed by atoms with Gasteiger partial charge in [-0.25, -0.2) is 0 Å². The van der Waals surface area contributed by atoms with Gasteiger partial charge in [-0.05, 0) is 25.7 Å². The first kappa shape index (κ1) is 23.6. The summed E-state index contributed by atoms with van der Waals surface area (Å²) in [4.78, 5) is 0. The van der Waals surface area contributed by atoms with Crippen molar-refractivity contribution in [2.45, 2.75) is 102 Å². The first-order chi connectivity index (χ1) is 12.7. The third kappa shape index (κ3) is 10.0. The predicted molar refractivity (Wildman–Crippen MR) is 104 cm³/mol. The normalized spacial score (nSPS) is 24.5. The van der Waals surface area contributed by atoms with Gasteiger partial charge in [0.15, 0.2) is 0 Å². The molecule has 5 heteroatoms. The maximum Gasteiger partial charge on any atom is 0.114 e. The zero-order valence-electron chi connectivity index (χ0n) is 16.5. The highest BCUT2D eigenvalue weighted by Crippen LogP contribution is 2.21. The second kappa shape index (κ2) is 15.6. The molecular weight excluding hydrogens is 332 g/mol. The van der Waals surface area contributed by atoms with Crippen LogP contribution in [-0.4, -0.2) is 59.6 Å². The molecule has 1 fully saturated rings. The second-order valence-corrected chi connectivity index (χ2v) is 7.33. The molecule has 0 aromatic heterocycles. The summed E-state index contributed by atoms with van der Waals surface area (Å²) in [6, 6.07) is 0. The average Bonchev–Trinajstić information content (AvgIpc) is 3.02. The molecule has 0 unspecified atom stereocenters. The smallest absolute Gasteiger partial charge is 0.114 e. The van der Waals surface area contributed by atoms with Gasteiger partial charge in [0.25, 0.3) is 0 Å². The van der Waals surface area contributed by atoms with E-state index in [0.29, 0.717) is 6.61 Å². The predicted octanol–water partition coefficient (Wildman–Crippen LogP) is 3.35. The Morgan fingerprint density at radius 1 is 1.00 bits per heavy atom. The van der Waals surface area contributed by atoms with Crippen molar-refractivity contribution in [3.05, 3.63) is 12.2 Å². The standard InChI is InChI=1S/C21H40O5/c1-2-3-4-5-6-7-8-9-10-11-12-13-14-15-25-21-19(24)17-26-20(21)18(23)16-22/h5-6,18-24H,2-4,7-17H2,1H3/b6-5+/t18-,19+,20+,21+/m0/s1. The van der Waals surface area contributed by atoms with Crippen molar-refractivity contribution in [3.63, 3.8) is 0 Å². The number of unbranched alkanes of at least 4 members (excludes halogenated alkanes) is 9. The topological polar surface area (TPSA) is 79.2 Å². The van der Waals surface area contributed by atoms with Crippen molar-refractivity contribution in [2.75, 3.05) is 19.8 Å². The monoisotopic (exact) mass is 372 g/mol. The lowest BCUT2D eigenvalue weighted by Crippen LogP contribution is -2.42. The first-order valence-electron chi connectivity index (χ1n) is 10.6. The summed E-state index contributed by atoms with van der Waals surface area (Å²) in [5.41, 5.74) is 0. The minimum Gasteiger partial charge on any atom is -0.394 e. The van der Waals surface area contributed by atoms with Crippen molar-refractivity contribution >= 4 is 0 Å². The van der Waals surface area contributed by atoms with Gasteiger partial charge in [-0.1, -0.05) is 64.0 Å². The van der Waals surface area contributed by atoms with Gasteiger partial charge in [0.2, 0.25) is 0 Å². The summed E-state index contributed by atoms with van der Waals surface area (Å²) in [5.74, 6) is 0. The second-order valence-electron chi connectivity index (χ2n) is 7.33. The van der Waals surface area contributed by atoms with Gasteiger partial charge < -0.3 is 24.8 Å². The SMILES string of the molecule is CCCC/C=C/CCCCCCCCCO[C@H]1[C@@H]([C@@H](O)CO)OC[C@H]1O. The zero-order valence-corrected chi connectivity index (χ0v) is 16.5. The van der Waals surface area contributed by atoms with Crippen molar-refractivity contribution in [3.8, 4) is 0 Å². The maximum atomic E-state index is 9.86.